The molecule has 1 aliphatic heterocycles. The number of carbonyl (C=O) groups is 1. The topological polar surface area (TPSA) is 41.1 Å². The Bertz CT molecular complexity index is 458. The first-order valence-corrected chi connectivity index (χ1v) is 8.91. The Morgan fingerprint density at radius 1 is 1.48 bits per heavy atom. The van der Waals surface area contributed by atoms with Crippen molar-refractivity contribution in [3.63, 3.8) is 0 Å². The second-order valence-electron chi connectivity index (χ2n) is 5.77. The van der Waals surface area contributed by atoms with Crippen LogP contribution in [0.5, 0.6) is 0 Å². The first-order chi connectivity index (χ1) is 10.2. The lowest BCUT2D eigenvalue weighted by Crippen LogP contribution is -2.34. The lowest BCUT2D eigenvalue weighted by molar-refractivity contribution is -0.117. The van der Waals surface area contributed by atoms with Gasteiger partial charge in [0.05, 0.1) is 5.69 Å². The van der Waals surface area contributed by atoms with E-state index in [2.05, 4.69) is 30.5 Å². The third-order valence-corrected chi connectivity index (χ3v) is 5.06. The smallest absolute Gasteiger partial charge is 0.224 e. The number of hydrogen-bond donors (Lipinski definition) is 2. The minimum Gasteiger partial charge on any atom is -0.325 e. The first kappa shape index (κ1) is 16.4. The summed E-state index contributed by atoms with van der Waals surface area (Å²) in [7, 11) is 0. The molecule has 3 nitrogen and oxygen atoms in total. The monoisotopic (exact) mass is 306 g/mol. The van der Waals surface area contributed by atoms with Crippen LogP contribution >= 0.6 is 11.8 Å². The molecule has 21 heavy (non-hydrogen) atoms. The van der Waals surface area contributed by atoms with Crippen molar-refractivity contribution >= 4 is 23.4 Å². The van der Waals surface area contributed by atoms with E-state index >= 15 is 0 Å². The van der Waals surface area contributed by atoms with Crippen molar-refractivity contribution < 1.29 is 4.79 Å². The fourth-order valence-corrected chi connectivity index (χ4v) is 3.64. The van der Waals surface area contributed by atoms with E-state index in [9.17, 15) is 4.79 Å². The lowest BCUT2D eigenvalue weighted by atomic mass is 9.85. The summed E-state index contributed by atoms with van der Waals surface area (Å²) in [5.41, 5.74) is 0.948. The third kappa shape index (κ3) is 5.04. The number of amides is 1. The van der Waals surface area contributed by atoms with Gasteiger partial charge in [-0.1, -0.05) is 26.0 Å². The van der Waals surface area contributed by atoms with Gasteiger partial charge in [-0.15, -0.1) is 11.8 Å². The Balaban J connectivity index is 1.89. The Morgan fingerprint density at radius 3 is 3.00 bits per heavy atom. The van der Waals surface area contributed by atoms with Gasteiger partial charge >= 0.3 is 0 Å². The van der Waals surface area contributed by atoms with Crippen LogP contribution in [0, 0.1) is 11.8 Å². The Hall–Kier alpha value is -1.00. The standard InChI is InChI=1S/C17H26N2OS/c1-3-21-16-9-5-4-8-15(16)19-17(20)11-13(2)14-7-6-10-18-12-14/h4-5,8-9,13-14,18H,3,6-7,10-12H2,1-2H3,(H,19,20). The van der Waals surface area contributed by atoms with E-state index in [-0.39, 0.29) is 5.91 Å². The van der Waals surface area contributed by atoms with Crippen molar-refractivity contribution in [3.8, 4) is 0 Å². The fraction of sp³-hybridized carbons (Fsp3) is 0.588. The maximum atomic E-state index is 12.3. The summed E-state index contributed by atoms with van der Waals surface area (Å²) in [6.07, 6.45) is 3.08. The zero-order valence-electron chi connectivity index (χ0n) is 13.0. The van der Waals surface area contributed by atoms with Crippen LogP contribution in [-0.2, 0) is 4.79 Å². The number of hydrogen-bond acceptors (Lipinski definition) is 3. The van der Waals surface area contributed by atoms with Crippen LogP contribution in [0.1, 0.15) is 33.1 Å². The molecule has 2 unspecified atom stereocenters. The molecule has 1 aromatic carbocycles. The van der Waals surface area contributed by atoms with Crippen LogP contribution in [0.2, 0.25) is 0 Å². The highest BCUT2D eigenvalue weighted by atomic mass is 32.2. The van der Waals surface area contributed by atoms with Crippen molar-refractivity contribution in [1.82, 2.24) is 5.32 Å². The molecular formula is C17H26N2OS. The highest BCUT2D eigenvalue weighted by Crippen LogP contribution is 2.28. The quantitative estimate of drug-likeness (QED) is 0.786. The fourth-order valence-electron chi connectivity index (χ4n) is 2.88. The third-order valence-electron chi connectivity index (χ3n) is 4.11. The van der Waals surface area contributed by atoms with Gasteiger partial charge in [0.2, 0.25) is 5.91 Å². The molecule has 0 spiro atoms. The molecule has 0 bridgehead atoms. The molecule has 1 saturated heterocycles. The molecule has 1 aliphatic rings. The van der Waals surface area contributed by atoms with Crippen LogP contribution in [0.15, 0.2) is 29.2 Å². The van der Waals surface area contributed by atoms with Gasteiger partial charge in [0.15, 0.2) is 0 Å². The van der Waals surface area contributed by atoms with Gasteiger partial charge in [0.1, 0.15) is 0 Å². The summed E-state index contributed by atoms with van der Waals surface area (Å²) in [5, 5.41) is 6.51. The average molecular weight is 306 g/mol. The number of thioether (sulfide) groups is 1. The van der Waals surface area contributed by atoms with E-state index < -0.39 is 0 Å². The predicted octanol–water partition coefficient (Wildman–Crippen LogP) is 3.76. The number of carbonyl (C=O) groups excluding carboxylic acids is 1. The Labute approximate surface area is 132 Å². The molecule has 2 N–H and O–H groups in total. The van der Waals surface area contributed by atoms with Crippen molar-refractivity contribution in [2.45, 2.75) is 38.0 Å². The van der Waals surface area contributed by atoms with Crippen LogP contribution in [0.3, 0.4) is 0 Å². The van der Waals surface area contributed by atoms with Crippen LogP contribution in [0.25, 0.3) is 0 Å². The minimum atomic E-state index is 0.136. The van der Waals surface area contributed by atoms with Gasteiger partial charge in [0.25, 0.3) is 0 Å². The van der Waals surface area contributed by atoms with Crippen molar-refractivity contribution in [2.75, 3.05) is 24.2 Å². The summed E-state index contributed by atoms with van der Waals surface area (Å²) in [6, 6.07) is 8.05. The molecular weight excluding hydrogens is 280 g/mol. The molecule has 0 aromatic heterocycles. The largest absolute Gasteiger partial charge is 0.325 e. The Morgan fingerprint density at radius 2 is 2.29 bits per heavy atom. The van der Waals surface area contributed by atoms with E-state index in [1.807, 2.05) is 18.2 Å². The summed E-state index contributed by atoms with van der Waals surface area (Å²) in [4.78, 5) is 13.4. The molecule has 2 atom stereocenters. The number of benzene rings is 1. The van der Waals surface area contributed by atoms with Crippen LogP contribution in [-0.4, -0.2) is 24.7 Å². The molecule has 0 aliphatic carbocycles. The number of rotatable bonds is 6. The minimum absolute atomic E-state index is 0.136. The number of nitrogens with one attached hydrogen (secondary N) is 2. The highest BCUT2D eigenvalue weighted by molar-refractivity contribution is 7.99. The van der Waals surface area contributed by atoms with E-state index in [1.54, 1.807) is 11.8 Å². The highest BCUT2D eigenvalue weighted by Gasteiger charge is 2.22. The molecule has 2 rings (SSSR count). The molecule has 0 radical (unpaired) electrons. The van der Waals surface area contributed by atoms with Gasteiger partial charge in [-0.3, -0.25) is 4.79 Å². The number of para-hydroxylation sites is 1. The summed E-state index contributed by atoms with van der Waals surface area (Å²) in [5.74, 6) is 2.21. The Kier molecular flexibility index (Phi) is 6.58. The second-order valence-corrected chi connectivity index (χ2v) is 7.07. The van der Waals surface area contributed by atoms with Gasteiger partial charge in [-0.25, -0.2) is 0 Å². The lowest BCUT2D eigenvalue weighted by Gasteiger charge is -2.28. The SMILES string of the molecule is CCSc1ccccc1NC(=O)CC(C)C1CCCNC1. The van der Waals surface area contributed by atoms with Gasteiger partial charge < -0.3 is 10.6 Å². The average Bonchev–Trinajstić information content (AvgIpc) is 2.50. The van der Waals surface area contributed by atoms with E-state index in [0.717, 1.165) is 29.4 Å². The van der Waals surface area contributed by atoms with Crippen LogP contribution < -0.4 is 10.6 Å². The first-order valence-electron chi connectivity index (χ1n) is 7.93. The zero-order chi connectivity index (χ0) is 15.1. The molecule has 4 heteroatoms. The number of anilines is 1. The van der Waals surface area contributed by atoms with Gasteiger partial charge in [-0.05, 0) is 55.7 Å². The zero-order valence-corrected chi connectivity index (χ0v) is 13.8. The summed E-state index contributed by atoms with van der Waals surface area (Å²) >= 11 is 1.77. The molecule has 1 amide bonds. The normalized spacial score (nSPS) is 20.0. The van der Waals surface area contributed by atoms with Crippen molar-refractivity contribution in [3.05, 3.63) is 24.3 Å². The maximum absolute atomic E-state index is 12.3. The van der Waals surface area contributed by atoms with E-state index in [0.29, 0.717) is 18.3 Å². The van der Waals surface area contributed by atoms with E-state index in [1.165, 1.54) is 12.8 Å². The van der Waals surface area contributed by atoms with Gasteiger partial charge in [-0.2, -0.15) is 0 Å². The van der Waals surface area contributed by atoms with Crippen molar-refractivity contribution in [1.29, 1.82) is 0 Å². The number of piperidine rings is 1. The van der Waals surface area contributed by atoms with E-state index in [4.69, 9.17) is 0 Å². The summed E-state index contributed by atoms with van der Waals surface area (Å²) < 4.78 is 0. The van der Waals surface area contributed by atoms with Gasteiger partial charge in [0, 0.05) is 11.3 Å². The summed E-state index contributed by atoms with van der Waals surface area (Å²) in [6.45, 7) is 6.50. The predicted molar refractivity (Wildman–Crippen MR) is 90.8 cm³/mol. The molecule has 116 valence electrons. The van der Waals surface area contributed by atoms with Crippen LogP contribution in [0.4, 0.5) is 5.69 Å². The molecule has 1 aromatic rings. The molecule has 1 fully saturated rings. The van der Waals surface area contributed by atoms with Crippen molar-refractivity contribution in [2.24, 2.45) is 11.8 Å². The second kappa shape index (κ2) is 8.44. The maximum Gasteiger partial charge on any atom is 0.224 e. The molecule has 1 heterocycles. The molecule has 0 saturated carbocycles.